The van der Waals surface area contributed by atoms with Gasteiger partial charge in [-0.3, -0.25) is 4.79 Å². The average molecular weight is 323 g/mol. The van der Waals surface area contributed by atoms with Crippen LogP contribution in [-0.2, 0) is 5.54 Å². The number of ketones is 1. The number of allylic oxidation sites excluding steroid dienone is 1. The topological polar surface area (TPSA) is 47.6 Å². The van der Waals surface area contributed by atoms with Crippen molar-refractivity contribution in [1.29, 1.82) is 0 Å². The highest BCUT2D eigenvalue weighted by Gasteiger charge is 2.33. The van der Waals surface area contributed by atoms with Gasteiger partial charge in [-0.05, 0) is 61.9 Å². The van der Waals surface area contributed by atoms with Crippen LogP contribution in [0.3, 0.4) is 0 Å². The van der Waals surface area contributed by atoms with E-state index in [9.17, 15) is 4.79 Å². The summed E-state index contributed by atoms with van der Waals surface area (Å²) in [6, 6.07) is 13.0. The summed E-state index contributed by atoms with van der Waals surface area (Å²) in [5.74, 6) is 1.50. The molecule has 0 saturated carbocycles. The molecule has 0 atom stereocenters. The monoisotopic (exact) mass is 323 g/mol. The first-order chi connectivity index (χ1) is 11.4. The molecule has 2 aromatic rings. The molecular formula is C20H21NO3. The number of rotatable bonds is 4. The Hall–Kier alpha value is -2.75. The molecule has 1 N–H and O–H groups in total. The van der Waals surface area contributed by atoms with Crippen LogP contribution in [0.2, 0.25) is 0 Å². The smallest absolute Gasteiger partial charge is 0.187 e. The van der Waals surface area contributed by atoms with Crippen LogP contribution in [0, 0.1) is 0 Å². The summed E-state index contributed by atoms with van der Waals surface area (Å²) < 4.78 is 10.4. The van der Waals surface area contributed by atoms with Crippen molar-refractivity contribution in [2.45, 2.75) is 19.4 Å². The first-order valence-electron chi connectivity index (χ1n) is 7.82. The summed E-state index contributed by atoms with van der Waals surface area (Å²) in [5, 5.41) is 3.43. The third-order valence-electron chi connectivity index (χ3n) is 4.29. The Bertz CT molecular complexity index is 804. The summed E-state index contributed by atoms with van der Waals surface area (Å²) in [7, 11) is 3.26. The Kier molecular flexibility index (Phi) is 4.06. The minimum Gasteiger partial charge on any atom is -0.497 e. The van der Waals surface area contributed by atoms with Gasteiger partial charge in [-0.15, -0.1) is 0 Å². The third kappa shape index (κ3) is 2.87. The Morgan fingerprint density at radius 1 is 1.00 bits per heavy atom. The fourth-order valence-corrected chi connectivity index (χ4v) is 2.96. The fourth-order valence-electron chi connectivity index (χ4n) is 2.96. The van der Waals surface area contributed by atoms with Gasteiger partial charge < -0.3 is 14.8 Å². The quantitative estimate of drug-likeness (QED) is 0.687. The van der Waals surface area contributed by atoms with Crippen molar-refractivity contribution >= 4 is 11.5 Å². The molecule has 4 heteroatoms. The molecule has 24 heavy (non-hydrogen) atoms. The number of carbonyl (C=O) groups excluding carboxylic acids is 1. The number of nitrogens with one attached hydrogen (secondary N) is 1. The molecule has 4 nitrogen and oxygen atoms in total. The summed E-state index contributed by atoms with van der Waals surface area (Å²) in [5.41, 5.74) is 3.36. The molecule has 0 unspecified atom stereocenters. The van der Waals surface area contributed by atoms with E-state index < -0.39 is 0 Å². The van der Waals surface area contributed by atoms with E-state index in [1.165, 1.54) is 0 Å². The van der Waals surface area contributed by atoms with Crippen LogP contribution in [0.25, 0.3) is 5.70 Å². The van der Waals surface area contributed by atoms with Crippen molar-refractivity contribution in [3.8, 4) is 11.5 Å². The molecule has 0 fully saturated rings. The number of carbonyl (C=O) groups is 1. The SMILES string of the molecule is COc1ccc(C(=O)/C=C2\NC(C)(C)c3cc(OC)ccc32)cc1. The molecule has 0 amide bonds. The second-order valence-electron chi connectivity index (χ2n) is 6.31. The van der Waals surface area contributed by atoms with Gasteiger partial charge in [-0.25, -0.2) is 0 Å². The van der Waals surface area contributed by atoms with Gasteiger partial charge in [0.25, 0.3) is 0 Å². The summed E-state index contributed by atoms with van der Waals surface area (Å²) in [6.07, 6.45) is 1.65. The van der Waals surface area contributed by atoms with Gasteiger partial charge in [0, 0.05) is 22.9 Å². The lowest BCUT2D eigenvalue weighted by Gasteiger charge is -2.20. The molecule has 1 heterocycles. The lowest BCUT2D eigenvalue weighted by atomic mass is 9.94. The van der Waals surface area contributed by atoms with Crippen molar-refractivity contribution in [3.63, 3.8) is 0 Å². The predicted molar refractivity (Wildman–Crippen MR) is 94.5 cm³/mol. The number of fused-ring (bicyclic) bond motifs is 1. The Morgan fingerprint density at radius 3 is 2.25 bits per heavy atom. The maximum atomic E-state index is 12.6. The Balaban J connectivity index is 1.95. The van der Waals surface area contributed by atoms with Gasteiger partial charge in [-0.1, -0.05) is 0 Å². The summed E-state index contributed by atoms with van der Waals surface area (Å²) in [6.45, 7) is 4.17. The average Bonchev–Trinajstić information content (AvgIpc) is 2.84. The van der Waals surface area contributed by atoms with Crippen molar-refractivity contribution in [3.05, 3.63) is 65.2 Å². The minimum absolute atomic E-state index is 0.0420. The van der Waals surface area contributed by atoms with Crippen molar-refractivity contribution in [2.75, 3.05) is 14.2 Å². The summed E-state index contributed by atoms with van der Waals surface area (Å²) >= 11 is 0. The lowest BCUT2D eigenvalue weighted by molar-refractivity contribution is 0.104. The highest BCUT2D eigenvalue weighted by molar-refractivity contribution is 6.09. The predicted octanol–water partition coefficient (Wildman–Crippen LogP) is 3.77. The van der Waals surface area contributed by atoms with Gasteiger partial charge >= 0.3 is 0 Å². The molecule has 2 aromatic carbocycles. The third-order valence-corrected chi connectivity index (χ3v) is 4.29. The first-order valence-corrected chi connectivity index (χ1v) is 7.82. The summed E-state index contributed by atoms with van der Waals surface area (Å²) in [4.78, 5) is 12.6. The van der Waals surface area contributed by atoms with E-state index in [0.717, 1.165) is 28.3 Å². The van der Waals surface area contributed by atoms with Gasteiger partial charge in [0.1, 0.15) is 11.5 Å². The van der Waals surface area contributed by atoms with E-state index in [4.69, 9.17) is 9.47 Å². The Morgan fingerprint density at radius 2 is 1.62 bits per heavy atom. The second-order valence-corrected chi connectivity index (χ2v) is 6.31. The van der Waals surface area contributed by atoms with E-state index in [0.29, 0.717) is 5.56 Å². The lowest BCUT2D eigenvalue weighted by Crippen LogP contribution is -2.28. The highest BCUT2D eigenvalue weighted by Crippen LogP contribution is 2.38. The molecule has 3 rings (SSSR count). The van der Waals surface area contributed by atoms with Gasteiger partial charge in [-0.2, -0.15) is 0 Å². The molecule has 0 aliphatic carbocycles. The van der Waals surface area contributed by atoms with Gasteiger partial charge in [0.05, 0.1) is 19.8 Å². The van der Waals surface area contributed by atoms with E-state index >= 15 is 0 Å². The second kappa shape index (κ2) is 6.04. The van der Waals surface area contributed by atoms with E-state index in [2.05, 4.69) is 19.2 Å². The van der Waals surface area contributed by atoms with Crippen LogP contribution in [0.5, 0.6) is 11.5 Å². The zero-order valence-corrected chi connectivity index (χ0v) is 14.3. The van der Waals surface area contributed by atoms with E-state index in [1.54, 1.807) is 44.6 Å². The molecule has 0 saturated heterocycles. The normalized spacial score (nSPS) is 16.4. The Labute approximate surface area is 142 Å². The first kappa shape index (κ1) is 16.1. The van der Waals surface area contributed by atoms with Crippen LogP contribution >= 0.6 is 0 Å². The van der Waals surface area contributed by atoms with Crippen LogP contribution in [0.1, 0.15) is 35.3 Å². The largest absolute Gasteiger partial charge is 0.497 e. The number of hydrogen-bond donors (Lipinski definition) is 1. The van der Waals surface area contributed by atoms with Crippen LogP contribution in [0.4, 0.5) is 0 Å². The maximum absolute atomic E-state index is 12.6. The number of ether oxygens (including phenoxy) is 2. The van der Waals surface area contributed by atoms with Crippen LogP contribution in [0.15, 0.2) is 48.5 Å². The minimum atomic E-state index is -0.254. The highest BCUT2D eigenvalue weighted by atomic mass is 16.5. The van der Waals surface area contributed by atoms with Crippen molar-refractivity contribution < 1.29 is 14.3 Å². The standard InChI is InChI=1S/C20H21NO3/c1-20(2)17-11-15(24-4)9-10-16(17)18(21-20)12-19(22)13-5-7-14(23-3)8-6-13/h5-12,21H,1-4H3/b18-12-. The number of benzene rings is 2. The molecular weight excluding hydrogens is 302 g/mol. The van der Waals surface area contributed by atoms with Gasteiger partial charge in [0.15, 0.2) is 5.78 Å². The molecule has 0 radical (unpaired) electrons. The molecule has 1 aliphatic rings. The van der Waals surface area contributed by atoms with Crippen molar-refractivity contribution in [2.24, 2.45) is 0 Å². The zero-order chi connectivity index (χ0) is 17.3. The number of methoxy groups -OCH3 is 2. The molecule has 0 aromatic heterocycles. The zero-order valence-electron chi connectivity index (χ0n) is 14.3. The maximum Gasteiger partial charge on any atom is 0.187 e. The molecule has 0 bridgehead atoms. The van der Waals surface area contributed by atoms with Crippen LogP contribution < -0.4 is 14.8 Å². The number of hydrogen-bond acceptors (Lipinski definition) is 4. The fraction of sp³-hybridized carbons (Fsp3) is 0.250. The van der Waals surface area contributed by atoms with Crippen LogP contribution in [-0.4, -0.2) is 20.0 Å². The molecule has 0 spiro atoms. The van der Waals surface area contributed by atoms with Crippen molar-refractivity contribution in [1.82, 2.24) is 5.32 Å². The molecule has 1 aliphatic heterocycles. The van der Waals surface area contributed by atoms with E-state index in [1.807, 2.05) is 18.2 Å². The van der Waals surface area contributed by atoms with E-state index in [-0.39, 0.29) is 11.3 Å². The molecule has 124 valence electrons. The van der Waals surface area contributed by atoms with Gasteiger partial charge in [0.2, 0.25) is 0 Å².